The Bertz CT molecular complexity index is 1250. The second-order valence-corrected chi connectivity index (χ2v) is 7.96. The van der Waals surface area contributed by atoms with Crippen LogP contribution in [0.25, 0.3) is 11.2 Å². The molecule has 0 aliphatic heterocycles. The molecule has 1 aromatic carbocycles. The maximum atomic E-state index is 12.7. The van der Waals surface area contributed by atoms with Crippen molar-refractivity contribution in [2.75, 3.05) is 5.32 Å². The molecule has 3 aromatic heterocycles. The summed E-state index contributed by atoms with van der Waals surface area (Å²) in [6, 6.07) is 4.30. The zero-order valence-corrected chi connectivity index (χ0v) is 17.8. The number of carbonyl (C=O) groups excluding carboxylic acids is 1. The van der Waals surface area contributed by atoms with E-state index in [1.807, 2.05) is 11.5 Å². The molecule has 0 saturated heterocycles. The van der Waals surface area contributed by atoms with Crippen LogP contribution in [0.2, 0.25) is 0 Å². The number of fused-ring (bicyclic) bond motifs is 1. The van der Waals surface area contributed by atoms with Gasteiger partial charge >= 0.3 is 6.18 Å². The molecule has 0 fully saturated rings. The average Bonchev–Trinajstić information content (AvgIpc) is 3.39. The van der Waals surface area contributed by atoms with Gasteiger partial charge in [0, 0.05) is 23.3 Å². The number of hydrogen-bond donors (Lipinski definition) is 2. The van der Waals surface area contributed by atoms with Gasteiger partial charge < -0.3 is 15.2 Å². The Morgan fingerprint density at radius 2 is 1.91 bits per heavy atom. The first-order chi connectivity index (χ1) is 15.2. The van der Waals surface area contributed by atoms with E-state index in [2.05, 4.69) is 30.6 Å². The summed E-state index contributed by atoms with van der Waals surface area (Å²) in [5, 5.41) is 6.29. The molecule has 166 valence electrons. The lowest BCUT2D eigenvalue weighted by Gasteiger charge is -2.11. The molecule has 0 bridgehead atoms. The lowest BCUT2D eigenvalue weighted by atomic mass is 10.2. The molecular weight excluding hydrogens is 443 g/mol. The number of alkyl halides is 3. The first-order valence-electron chi connectivity index (χ1n) is 9.63. The zero-order valence-electron chi connectivity index (χ0n) is 17.0. The van der Waals surface area contributed by atoms with Crippen molar-refractivity contribution in [2.45, 2.75) is 32.6 Å². The van der Waals surface area contributed by atoms with Gasteiger partial charge in [0.1, 0.15) is 5.52 Å². The number of imidazole rings is 1. The SMILES string of the molecule is CCn1cnc2cnc(C(=O)NC(C)c3cnc(Nc4ccc(C(F)(F)F)cc4)s3)nc21. The number of rotatable bonds is 6. The van der Waals surface area contributed by atoms with Crippen LogP contribution in [0.5, 0.6) is 0 Å². The van der Waals surface area contributed by atoms with Crippen LogP contribution < -0.4 is 10.6 Å². The van der Waals surface area contributed by atoms with Crippen LogP contribution in [0, 0.1) is 0 Å². The Hall–Kier alpha value is -3.54. The maximum absolute atomic E-state index is 12.7. The molecule has 12 heteroatoms. The van der Waals surface area contributed by atoms with Crippen LogP contribution in [0.3, 0.4) is 0 Å². The van der Waals surface area contributed by atoms with Crippen molar-refractivity contribution in [2.24, 2.45) is 0 Å². The van der Waals surface area contributed by atoms with Crippen molar-refractivity contribution in [1.29, 1.82) is 0 Å². The third kappa shape index (κ3) is 4.54. The second-order valence-electron chi connectivity index (χ2n) is 6.90. The van der Waals surface area contributed by atoms with Gasteiger partial charge in [-0.3, -0.25) is 4.79 Å². The maximum Gasteiger partial charge on any atom is 0.416 e. The third-order valence-corrected chi connectivity index (χ3v) is 5.76. The molecule has 0 aliphatic rings. The number of aryl methyl sites for hydroxylation is 1. The number of anilines is 2. The Morgan fingerprint density at radius 3 is 2.59 bits per heavy atom. The van der Waals surface area contributed by atoms with Crippen molar-refractivity contribution < 1.29 is 18.0 Å². The summed E-state index contributed by atoms with van der Waals surface area (Å²) in [7, 11) is 0. The smallest absolute Gasteiger partial charge is 0.342 e. The van der Waals surface area contributed by atoms with Crippen LogP contribution in [-0.4, -0.2) is 30.4 Å². The van der Waals surface area contributed by atoms with Gasteiger partial charge in [-0.2, -0.15) is 13.2 Å². The minimum absolute atomic E-state index is 0.0344. The fourth-order valence-electron chi connectivity index (χ4n) is 2.94. The summed E-state index contributed by atoms with van der Waals surface area (Å²) in [6.07, 6.45) is 0.363. The summed E-state index contributed by atoms with van der Waals surface area (Å²) < 4.78 is 39.9. The Kier molecular flexibility index (Phi) is 5.78. The number of thiazole rings is 1. The normalized spacial score (nSPS) is 12.7. The number of aromatic nitrogens is 5. The van der Waals surface area contributed by atoms with Crippen LogP contribution in [0.1, 0.15) is 40.9 Å². The predicted molar refractivity (Wildman–Crippen MR) is 114 cm³/mol. The molecule has 2 N–H and O–H groups in total. The highest BCUT2D eigenvalue weighted by Crippen LogP contribution is 2.31. The van der Waals surface area contributed by atoms with Crippen molar-refractivity contribution >= 4 is 39.2 Å². The van der Waals surface area contributed by atoms with E-state index in [4.69, 9.17) is 0 Å². The molecule has 3 heterocycles. The summed E-state index contributed by atoms with van der Waals surface area (Å²) in [6.45, 7) is 4.41. The quantitative estimate of drug-likeness (QED) is 0.437. The summed E-state index contributed by atoms with van der Waals surface area (Å²) in [4.78, 5) is 30.2. The summed E-state index contributed by atoms with van der Waals surface area (Å²) in [5.74, 6) is -0.402. The fourth-order valence-corrected chi connectivity index (χ4v) is 3.78. The molecule has 1 atom stereocenters. The monoisotopic (exact) mass is 461 g/mol. The van der Waals surface area contributed by atoms with E-state index in [0.717, 1.165) is 17.0 Å². The van der Waals surface area contributed by atoms with Gasteiger partial charge in [0.05, 0.1) is 24.1 Å². The van der Waals surface area contributed by atoms with Crippen molar-refractivity contribution in [3.05, 3.63) is 59.3 Å². The first-order valence-corrected chi connectivity index (χ1v) is 10.4. The van der Waals surface area contributed by atoms with Gasteiger partial charge in [0.25, 0.3) is 5.91 Å². The molecule has 1 amide bonds. The van der Waals surface area contributed by atoms with Crippen LogP contribution >= 0.6 is 11.3 Å². The fraction of sp³-hybridized carbons (Fsp3) is 0.250. The minimum atomic E-state index is -4.38. The lowest BCUT2D eigenvalue weighted by molar-refractivity contribution is -0.137. The van der Waals surface area contributed by atoms with Crippen LogP contribution in [0.4, 0.5) is 24.0 Å². The van der Waals surface area contributed by atoms with E-state index < -0.39 is 17.6 Å². The molecule has 0 saturated carbocycles. The highest BCUT2D eigenvalue weighted by molar-refractivity contribution is 7.15. The summed E-state index contributed by atoms with van der Waals surface area (Å²) in [5.41, 5.74) is 0.949. The van der Waals surface area contributed by atoms with Crippen LogP contribution in [0.15, 0.2) is 43.0 Å². The van der Waals surface area contributed by atoms with Gasteiger partial charge in [0.2, 0.25) is 5.82 Å². The number of carbonyl (C=O) groups is 1. The van der Waals surface area contributed by atoms with Crippen molar-refractivity contribution in [3.8, 4) is 0 Å². The highest BCUT2D eigenvalue weighted by Gasteiger charge is 2.30. The van der Waals surface area contributed by atoms with Crippen LogP contribution in [-0.2, 0) is 12.7 Å². The van der Waals surface area contributed by atoms with Crippen molar-refractivity contribution in [1.82, 2.24) is 29.8 Å². The molecule has 8 nitrogen and oxygen atoms in total. The molecule has 0 radical (unpaired) electrons. The number of nitrogens with zero attached hydrogens (tertiary/aromatic N) is 5. The predicted octanol–water partition coefficient (Wildman–Crippen LogP) is 4.56. The third-order valence-electron chi connectivity index (χ3n) is 4.66. The van der Waals surface area contributed by atoms with E-state index in [-0.39, 0.29) is 11.9 Å². The Labute approximate surface area is 184 Å². The molecule has 0 spiro atoms. The van der Waals surface area contributed by atoms with E-state index in [1.165, 1.54) is 29.7 Å². The highest BCUT2D eigenvalue weighted by atomic mass is 32.1. The standard InChI is InChI=1S/C20H18F3N7OS/c1-3-30-10-26-14-8-24-16(29-17(14)30)18(31)27-11(2)15-9-25-19(32-15)28-13-6-4-12(5-7-13)20(21,22)23/h4-11H,3H2,1-2H3,(H,25,28)(H,27,31). The van der Waals surface area contributed by atoms with Gasteiger partial charge in [0.15, 0.2) is 10.8 Å². The minimum Gasteiger partial charge on any atom is -0.342 e. The first kappa shape index (κ1) is 21.7. The van der Waals surface area contributed by atoms with Gasteiger partial charge in [-0.1, -0.05) is 11.3 Å². The number of nitrogens with one attached hydrogen (secondary N) is 2. The lowest BCUT2D eigenvalue weighted by Crippen LogP contribution is -2.28. The number of halogens is 3. The number of benzene rings is 1. The number of amides is 1. The molecule has 1 unspecified atom stereocenters. The average molecular weight is 461 g/mol. The number of hydrogen-bond acceptors (Lipinski definition) is 7. The molecule has 0 aliphatic carbocycles. The Morgan fingerprint density at radius 1 is 1.16 bits per heavy atom. The summed E-state index contributed by atoms with van der Waals surface area (Å²) >= 11 is 1.28. The van der Waals surface area contributed by atoms with Gasteiger partial charge in [-0.05, 0) is 38.1 Å². The molecule has 4 rings (SSSR count). The molecule has 32 heavy (non-hydrogen) atoms. The topological polar surface area (TPSA) is 97.6 Å². The zero-order chi connectivity index (χ0) is 22.9. The van der Waals surface area contributed by atoms with Crippen molar-refractivity contribution in [3.63, 3.8) is 0 Å². The second kappa shape index (κ2) is 8.54. The molecular formula is C20H18F3N7OS. The van der Waals surface area contributed by atoms with E-state index >= 15 is 0 Å². The Balaban J connectivity index is 1.42. The largest absolute Gasteiger partial charge is 0.416 e. The van der Waals surface area contributed by atoms with Gasteiger partial charge in [-0.15, -0.1) is 0 Å². The van der Waals surface area contributed by atoms with Gasteiger partial charge in [-0.25, -0.2) is 19.9 Å². The van der Waals surface area contributed by atoms with E-state index in [0.29, 0.717) is 28.5 Å². The van der Waals surface area contributed by atoms with E-state index in [1.54, 1.807) is 19.4 Å². The molecule has 4 aromatic rings. The van der Waals surface area contributed by atoms with E-state index in [9.17, 15) is 18.0 Å².